The lowest BCUT2D eigenvalue weighted by Gasteiger charge is -2.28. The van der Waals surface area contributed by atoms with Gasteiger partial charge in [-0.15, -0.1) is 21.5 Å². The second kappa shape index (κ2) is 7.72. The number of piperidine rings is 1. The molecule has 3 heterocycles. The van der Waals surface area contributed by atoms with Crippen LogP contribution in [-0.2, 0) is 17.6 Å². The fourth-order valence-corrected chi connectivity index (χ4v) is 5.64. The largest absolute Gasteiger partial charge is 0.410 e. The molecule has 7 heteroatoms. The molecule has 140 valence electrons. The van der Waals surface area contributed by atoms with Gasteiger partial charge in [-0.1, -0.05) is 18.7 Å². The highest BCUT2D eigenvalue weighted by molar-refractivity contribution is 8.00. The van der Waals surface area contributed by atoms with Crippen molar-refractivity contribution in [3.8, 4) is 10.8 Å². The second-order valence-corrected chi connectivity index (χ2v) is 9.85. The molecule has 0 radical (unpaired) electrons. The summed E-state index contributed by atoms with van der Waals surface area (Å²) in [5.74, 6) is 1.51. The summed E-state index contributed by atoms with van der Waals surface area (Å²) in [6, 6.07) is 2.21. The van der Waals surface area contributed by atoms with Crippen molar-refractivity contribution in [2.75, 3.05) is 13.1 Å². The van der Waals surface area contributed by atoms with Crippen LogP contribution in [-0.4, -0.2) is 39.3 Å². The minimum atomic E-state index is -0.196. The van der Waals surface area contributed by atoms with Crippen LogP contribution >= 0.6 is 23.1 Å². The van der Waals surface area contributed by atoms with E-state index in [2.05, 4.69) is 23.2 Å². The minimum Gasteiger partial charge on any atom is -0.410 e. The molecule has 0 N–H and O–H groups in total. The maximum atomic E-state index is 12.6. The molecule has 1 amide bonds. The summed E-state index contributed by atoms with van der Waals surface area (Å²) in [5, 5.41) is 8.67. The monoisotopic (exact) mass is 391 g/mol. The van der Waals surface area contributed by atoms with Crippen LogP contribution in [0.3, 0.4) is 0 Å². The first kappa shape index (κ1) is 18.0. The van der Waals surface area contributed by atoms with E-state index < -0.39 is 0 Å². The van der Waals surface area contributed by atoms with E-state index in [4.69, 9.17) is 4.42 Å². The van der Waals surface area contributed by atoms with Crippen molar-refractivity contribution in [3.05, 3.63) is 16.5 Å². The molecule has 1 saturated heterocycles. The number of thioether (sulfide) groups is 1. The predicted octanol–water partition coefficient (Wildman–Crippen LogP) is 4.42. The smallest absolute Gasteiger partial charge is 0.277 e. The lowest BCUT2D eigenvalue weighted by atomic mass is 9.90. The Morgan fingerprint density at radius 3 is 2.96 bits per heavy atom. The Bertz CT molecular complexity index is 780. The predicted molar refractivity (Wildman–Crippen MR) is 105 cm³/mol. The number of likely N-dealkylation sites (tertiary alicyclic amines) is 1. The molecule has 1 fully saturated rings. The van der Waals surface area contributed by atoms with Crippen LogP contribution in [0.5, 0.6) is 0 Å². The molecular formula is C19H25N3O2S2. The molecule has 1 aliphatic heterocycles. The number of amides is 1. The molecule has 0 spiro atoms. The molecule has 0 unspecified atom stereocenters. The van der Waals surface area contributed by atoms with Gasteiger partial charge in [-0.25, -0.2) is 0 Å². The van der Waals surface area contributed by atoms with Crippen molar-refractivity contribution in [1.29, 1.82) is 0 Å². The van der Waals surface area contributed by atoms with Crippen molar-refractivity contribution >= 4 is 29.0 Å². The van der Waals surface area contributed by atoms with Gasteiger partial charge in [0.1, 0.15) is 0 Å². The molecule has 1 aliphatic carbocycles. The number of hydrogen-bond acceptors (Lipinski definition) is 6. The van der Waals surface area contributed by atoms with E-state index in [1.165, 1.54) is 35.0 Å². The lowest BCUT2D eigenvalue weighted by molar-refractivity contribution is -0.131. The SMILES string of the molecule is C[C@H]1CCc2sc(-c3nnc(S[C@@H](C)C(=O)N4CCCCC4)o3)cc2C1. The van der Waals surface area contributed by atoms with Crippen molar-refractivity contribution in [3.63, 3.8) is 0 Å². The average molecular weight is 392 g/mol. The van der Waals surface area contributed by atoms with E-state index >= 15 is 0 Å². The molecule has 2 aromatic heterocycles. The van der Waals surface area contributed by atoms with Gasteiger partial charge >= 0.3 is 0 Å². The molecule has 2 aromatic rings. The third-order valence-corrected chi connectivity index (χ3v) is 7.39. The topological polar surface area (TPSA) is 59.2 Å². The van der Waals surface area contributed by atoms with Gasteiger partial charge in [-0.05, 0) is 63.0 Å². The van der Waals surface area contributed by atoms with E-state index in [1.54, 1.807) is 11.3 Å². The number of carbonyl (C=O) groups excluding carboxylic acids is 1. The Kier molecular flexibility index (Phi) is 5.36. The summed E-state index contributed by atoms with van der Waals surface area (Å²) in [4.78, 5) is 17.0. The van der Waals surface area contributed by atoms with Crippen LogP contribution < -0.4 is 0 Å². The number of fused-ring (bicyclic) bond motifs is 1. The standard InChI is InChI=1S/C19H25N3O2S2/c1-12-6-7-15-14(10-12)11-16(26-15)17-20-21-19(24-17)25-13(2)18(23)22-8-4-3-5-9-22/h11-13H,3-10H2,1-2H3/t12-,13-/m0/s1. The number of thiophene rings is 1. The summed E-state index contributed by atoms with van der Waals surface area (Å²) in [5.41, 5.74) is 1.43. The van der Waals surface area contributed by atoms with Crippen molar-refractivity contribution in [2.24, 2.45) is 5.92 Å². The first-order valence-electron chi connectivity index (χ1n) is 9.51. The first-order chi connectivity index (χ1) is 12.6. The lowest BCUT2D eigenvalue weighted by Crippen LogP contribution is -2.40. The highest BCUT2D eigenvalue weighted by Gasteiger charge is 2.26. The van der Waals surface area contributed by atoms with Gasteiger partial charge in [0.25, 0.3) is 11.1 Å². The van der Waals surface area contributed by atoms with Crippen LogP contribution in [0.2, 0.25) is 0 Å². The van der Waals surface area contributed by atoms with Crippen molar-refractivity contribution in [2.45, 2.75) is 62.8 Å². The highest BCUT2D eigenvalue weighted by atomic mass is 32.2. The number of hydrogen-bond donors (Lipinski definition) is 0. The molecule has 2 atom stereocenters. The summed E-state index contributed by atoms with van der Waals surface area (Å²) in [7, 11) is 0. The van der Waals surface area contributed by atoms with E-state index in [1.807, 2.05) is 11.8 Å². The number of nitrogens with zero attached hydrogens (tertiary/aromatic N) is 3. The fourth-order valence-electron chi connectivity index (χ4n) is 3.74. The van der Waals surface area contributed by atoms with Gasteiger partial charge in [-0.3, -0.25) is 4.79 Å². The fraction of sp³-hybridized carbons (Fsp3) is 0.632. The Balaban J connectivity index is 1.42. The number of aromatic nitrogens is 2. The molecule has 0 aromatic carbocycles. The molecule has 4 rings (SSSR count). The Labute approximate surface area is 162 Å². The summed E-state index contributed by atoms with van der Waals surface area (Å²) >= 11 is 3.14. The van der Waals surface area contributed by atoms with E-state index in [0.29, 0.717) is 11.1 Å². The van der Waals surface area contributed by atoms with Crippen LogP contribution in [0.15, 0.2) is 15.7 Å². The van der Waals surface area contributed by atoms with Gasteiger partial charge in [0, 0.05) is 18.0 Å². The van der Waals surface area contributed by atoms with Crippen LogP contribution in [0.25, 0.3) is 10.8 Å². The van der Waals surface area contributed by atoms with Gasteiger partial charge in [-0.2, -0.15) is 0 Å². The average Bonchev–Trinajstić information content (AvgIpc) is 3.28. The maximum Gasteiger partial charge on any atom is 0.277 e. The van der Waals surface area contributed by atoms with Gasteiger partial charge < -0.3 is 9.32 Å². The van der Waals surface area contributed by atoms with Crippen LogP contribution in [0.1, 0.15) is 50.0 Å². The van der Waals surface area contributed by atoms with Crippen molar-refractivity contribution in [1.82, 2.24) is 15.1 Å². The maximum absolute atomic E-state index is 12.6. The third-order valence-electron chi connectivity index (χ3n) is 5.24. The Hall–Kier alpha value is -1.34. The zero-order valence-corrected chi connectivity index (χ0v) is 17.0. The van der Waals surface area contributed by atoms with Gasteiger partial charge in [0.05, 0.1) is 10.1 Å². The van der Waals surface area contributed by atoms with Crippen molar-refractivity contribution < 1.29 is 9.21 Å². The van der Waals surface area contributed by atoms with Gasteiger partial charge in [0.2, 0.25) is 5.91 Å². The molecule has 2 aliphatic rings. The summed E-state index contributed by atoms with van der Waals surface area (Å²) < 4.78 is 5.86. The summed E-state index contributed by atoms with van der Waals surface area (Å²) in [6.07, 6.45) is 6.99. The normalized spacial score (nSPS) is 21.5. The molecule has 5 nitrogen and oxygen atoms in total. The zero-order chi connectivity index (χ0) is 18.1. The molecule has 0 bridgehead atoms. The second-order valence-electron chi connectivity index (χ2n) is 7.43. The van der Waals surface area contributed by atoms with Crippen LogP contribution in [0.4, 0.5) is 0 Å². The number of carbonyl (C=O) groups is 1. The van der Waals surface area contributed by atoms with E-state index in [9.17, 15) is 4.79 Å². The summed E-state index contributed by atoms with van der Waals surface area (Å²) in [6.45, 7) is 5.98. The van der Waals surface area contributed by atoms with E-state index in [0.717, 1.165) is 49.6 Å². The Morgan fingerprint density at radius 2 is 2.15 bits per heavy atom. The highest BCUT2D eigenvalue weighted by Crippen LogP contribution is 2.37. The first-order valence-corrected chi connectivity index (χ1v) is 11.2. The third kappa shape index (κ3) is 3.83. The van der Waals surface area contributed by atoms with E-state index in [-0.39, 0.29) is 11.2 Å². The molecule has 0 saturated carbocycles. The minimum absolute atomic E-state index is 0.176. The molecular weight excluding hydrogens is 366 g/mol. The van der Waals surface area contributed by atoms with Crippen LogP contribution in [0, 0.1) is 5.92 Å². The van der Waals surface area contributed by atoms with Gasteiger partial charge in [0.15, 0.2) is 0 Å². The zero-order valence-electron chi connectivity index (χ0n) is 15.4. The number of rotatable bonds is 4. The number of aryl methyl sites for hydroxylation is 1. The Morgan fingerprint density at radius 1 is 1.35 bits per heavy atom. The molecule has 26 heavy (non-hydrogen) atoms. The quantitative estimate of drug-likeness (QED) is 0.722.